The van der Waals surface area contributed by atoms with Gasteiger partial charge in [-0.05, 0) is 19.4 Å². The van der Waals surface area contributed by atoms with Gasteiger partial charge in [0.25, 0.3) is 6.04 Å². The summed E-state index contributed by atoms with van der Waals surface area (Å²) in [6.07, 6.45) is 4.52. The largest absolute Gasteiger partial charge is 0.476 e. The van der Waals surface area contributed by atoms with Gasteiger partial charge in [0.05, 0.1) is 0 Å². The van der Waals surface area contributed by atoms with Gasteiger partial charge in [0, 0.05) is 25.0 Å². The van der Waals surface area contributed by atoms with Gasteiger partial charge in [-0.1, -0.05) is 13.3 Å². The number of hydrogen-bond acceptors (Lipinski definition) is 1. The van der Waals surface area contributed by atoms with Gasteiger partial charge in [0.1, 0.15) is 0 Å². The number of pyridine rings is 1. The summed E-state index contributed by atoms with van der Waals surface area (Å²) in [5.74, 6) is -0.743. The minimum atomic E-state index is -0.743. The number of carboxylic acid groups (broad SMARTS) is 1. The lowest BCUT2D eigenvalue weighted by Crippen LogP contribution is -2.46. The lowest BCUT2D eigenvalue weighted by molar-refractivity contribution is -0.717. The summed E-state index contributed by atoms with van der Waals surface area (Å²) in [4.78, 5) is 11.2. The zero-order chi connectivity index (χ0) is 12.1. The molecule has 0 radical (unpaired) electrons. The third-order valence-electron chi connectivity index (χ3n) is 3.00. The first-order valence-corrected chi connectivity index (χ1v) is 5.78. The Labute approximate surface area is 96.7 Å². The van der Waals surface area contributed by atoms with Gasteiger partial charge in [0.2, 0.25) is 0 Å². The fraction of sp³-hybridized carbons (Fsp3) is 0.538. The second kappa shape index (κ2) is 5.64. The van der Waals surface area contributed by atoms with E-state index in [1.807, 2.05) is 36.7 Å². The van der Waals surface area contributed by atoms with Crippen molar-refractivity contribution in [2.45, 2.75) is 46.1 Å². The molecule has 88 valence electrons. The van der Waals surface area contributed by atoms with Gasteiger partial charge in [-0.25, -0.2) is 4.79 Å². The number of carbonyl (C=O) groups is 1. The number of aliphatic carboxylic acids is 1. The SMILES string of the molecule is CCCCC(C(=O)O)[n+]1cccc(C)c1C. The number of nitrogens with zero attached hydrogens (tertiary/aromatic N) is 1. The van der Waals surface area contributed by atoms with E-state index in [4.69, 9.17) is 0 Å². The molecule has 0 bridgehead atoms. The summed E-state index contributed by atoms with van der Waals surface area (Å²) in [6, 6.07) is 3.48. The second-order valence-electron chi connectivity index (χ2n) is 4.18. The standard InChI is InChI=1S/C13H19NO2/c1-4-5-8-12(13(15)16)14-9-6-7-10(2)11(14)3/h6-7,9,12H,4-5,8H2,1-3H3/p+1. The van der Waals surface area contributed by atoms with E-state index in [2.05, 4.69) is 6.92 Å². The van der Waals surface area contributed by atoms with Crippen LogP contribution in [0.5, 0.6) is 0 Å². The molecule has 0 fully saturated rings. The highest BCUT2D eigenvalue weighted by Gasteiger charge is 2.28. The van der Waals surface area contributed by atoms with Crippen LogP contribution < -0.4 is 4.57 Å². The number of rotatable bonds is 5. The van der Waals surface area contributed by atoms with Crippen LogP contribution in [0.25, 0.3) is 0 Å². The molecule has 1 N–H and O–H groups in total. The van der Waals surface area contributed by atoms with Crippen LogP contribution in [0.15, 0.2) is 18.3 Å². The molecule has 1 aromatic rings. The maximum atomic E-state index is 11.2. The third-order valence-corrected chi connectivity index (χ3v) is 3.00. The highest BCUT2D eigenvalue weighted by Crippen LogP contribution is 2.11. The van der Waals surface area contributed by atoms with Crippen molar-refractivity contribution in [2.24, 2.45) is 0 Å². The zero-order valence-electron chi connectivity index (χ0n) is 10.2. The van der Waals surface area contributed by atoms with Gasteiger partial charge >= 0.3 is 5.97 Å². The molecular weight excluding hydrogens is 202 g/mol. The Morgan fingerprint density at radius 2 is 2.19 bits per heavy atom. The predicted octanol–water partition coefficient (Wildman–Crippen LogP) is 2.41. The van der Waals surface area contributed by atoms with E-state index in [-0.39, 0.29) is 0 Å². The molecule has 0 amide bonds. The van der Waals surface area contributed by atoms with E-state index >= 15 is 0 Å². The Balaban J connectivity index is 3.01. The van der Waals surface area contributed by atoms with Crippen molar-refractivity contribution in [1.82, 2.24) is 0 Å². The molecule has 1 unspecified atom stereocenters. The lowest BCUT2D eigenvalue weighted by Gasteiger charge is -2.10. The van der Waals surface area contributed by atoms with E-state index in [1.54, 1.807) is 0 Å². The van der Waals surface area contributed by atoms with Crippen molar-refractivity contribution in [2.75, 3.05) is 0 Å². The Morgan fingerprint density at radius 3 is 2.75 bits per heavy atom. The maximum absolute atomic E-state index is 11.2. The fourth-order valence-corrected chi connectivity index (χ4v) is 1.83. The summed E-state index contributed by atoms with van der Waals surface area (Å²) in [6.45, 7) is 6.05. The third kappa shape index (κ3) is 2.81. The molecule has 16 heavy (non-hydrogen) atoms. The van der Waals surface area contributed by atoms with Crippen LogP contribution in [0.2, 0.25) is 0 Å². The van der Waals surface area contributed by atoms with Gasteiger partial charge in [-0.15, -0.1) is 0 Å². The summed E-state index contributed by atoms with van der Waals surface area (Å²) in [5.41, 5.74) is 2.16. The first-order valence-electron chi connectivity index (χ1n) is 5.78. The van der Waals surface area contributed by atoms with E-state index in [0.717, 1.165) is 24.1 Å². The van der Waals surface area contributed by atoms with Crippen LogP contribution in [0.1, 0.15) is 43.5 Å². The second-order valence-corrected chi connectivity index (χ2v) is 4.18. The molecule has 0 aliphatic carbocycles. The Hall–Kier alpha value is -1.38. The summed E-state index contributed by atoms with van der Waals surface area (Å²) in [5, 5.41) is 9.25. The number of aromatic nitrogens is 1. The van der Waals surface area contributed by atoms with Crippen molar-refractivity contribution in [1.29, 1.82) is 0 Å². The molecule has 3 heteroatoms. The summed E-state index contributed by atoms with van der Waals surface area (Å²) in [7, 11) is 0. The van der Waals surface area contributed by atoms with E-state index in [9.17, 15) is 9.90 Å². The van der Waals surface area contributed by atoms with Crippen molar-refractivity contribution in [3.8, 4) is 0 Å². The van der Waals surface area contributed by atoms with E-state index < -0.39 is 12.0 Å². The lowest BCUT2D eigenvalue weighted by atomic mass is 10.1. The first-order chi connectivity index (χ1) is 7.57. The Morgan fingerprint density at radius 1 is 1.50 bits per heavy atom. The normalized spacial score (nSPS) is 12.4. The van der Waals surface area contributed by atoms with Crippen molar-refractivity contribution in [3.05, 3.63) is 29.6 Å². The first kappa shape index (κ1) is 12.7. The van der Waals surface area contributed by atoms with Gasteiger partial charge in [0.15, 0.2) is 11.9 Å². The van der Waals surface area contributed by atoms with Crippen LogP contribution in [-0.4, -0.2) is 11.1 Å². The minimum absolute atomic E-state index is 0.431. The maximum Gasteiger partial charge on any atom is 0.373 e. The monoisotopic (exact) mass is 222 g/mol. The molecule has 0 aromatic carbocycles. The number of unbranched alkanes of at least 4 members (excludes halogenated alkanes) is 1. The zero-order valence-corrected chi connectivity index (χ0v) is 10.2. The molecule has 0 spiro atoms. The van der Waals surface area contributed by atoms with Crippen LogP contribution in [-0.2, 0) is 4.79 Å². The van der Waals surface area contributed by atoms with Crippen LogP contribution in [0.3, 0.4) is 0 Å². The molecule has 0 aliphatic heterocycles. The van der Waals surface area contributed by atoms with Gasteiger partial charge < -0.3 is 5.11 Å². The van der Waals surface area contributed by atoms with Crippen LogP contribution in [0, 0.1) is 13.8 Å². The summed E-state index contributed by atoms with van der Waals surface area (Å²) >= 11 is 0. The van der Waals surface area contributed by atoms with E-state index in [0.29, 0.717) is 6.42 Å². The topological polar surface area (TPSA) is 41.2 Å². The number of carboxylic acids is 1. The van der Waals surface area contributed by atoms with Crippen molar-refractivity contribution < 1.29 is 14.5 Å². The highest BCUT2D eigenvalue weighted by atomic mass is 16.4. The Kier molecular flexibility index (Phi) is 4.47. The van der Waals surface area contributed by atoms with Crippen LogP contribution >= 0.6 is 0 Å². The molecule has 0 saturated carbocycles. The van der Waals surface area contributed by atoms with Gasteiger partial charge in [-0.2, -0.15) is 4.57 Å². The molecule has 1 rings (SSSR count). The number of aryl methyl sites for hydroxylation is 1. The highest BCUT2D eigenvalue weighted by molar-refractivity contribution is 5.69. The molecule has 0 aliphatic rings. The minimum Gasteiger partial charge on any atom is -0.476 e. The van der Waals surface area contributed by atoms with Crippen molar-refractivity contribution >= 4 is 5.97 Å². The molecule has 1 atom stereocenters. The average molecular weight is 222 g/mol. The smallest absolute Gasteiger partial charge is 0.373 e. The number of hydrogen-bond donors (Lipinski definition) is 1. The van der Waals surface area contributed by atoms with Crippen LogP contribution in [0.4, 0.5) is 0 Å². The summed E-state index contributed by atoms with van der Waals surface area (Å²) < 4.78 is 1.87. The molecule has 1 heterocycles. The van der Waals surface area contributed by atoms with E-state index in [1.165, 1.54) is 0 Å². The average Bonchev–Trinajstić information content (AvgIpc) is 2.24. The molecular formula is C13H20NO2+. The molecule has 3 nitrogen and oxygen atoms in total. The Bertz CT molecular complexity index is 374. The predicted molar refractivity (Wildman–Crippen MR) is 62.3 cm³/mol. The molecule has 0 saturated heterocycles. The molecule has 1 aromatic heterocycles. The van der Waals surface area contributed by atoms with Crippen molar-refractivity contribution in [3.63, 3.8) is 0 Å². The van der Waals surface area contributed by atoms with Gasteiger partial charge in [-0.3, -0.25) is 0 Å². The quantitative estimate of drug-likeness (QED) is 0.777. The fourth-order valence-electron chi connectivity index (χ4n) is 1.83.